The summed E-state index contributed by atoms with van der Waals surface area (Å²) in [6, 6.07) is 17.5. The van der Waals surface area contributed by atoms with Crippen LogP contribution in [0.4, 0.5) is 5.69 Å². The minimum Gasteiger partial charge on any atom is -0.462 e. The fraction of sp³-hybridized carbons (Fsp3) is 0.148. The van der Waals surface area contributed by atoms with E-state index in [1.165, 1.54) is 0 Å². The molecule has 5 nitrogen and oxygen atoms in total. The molecule has 4 rings (SSSR count). The van der Waals surface area contributed by atoms with E-state index < -0.39 is 5.97 Å². The largest absolute Gasteiger partial charge is 0.462 e. The maximum absolute atomic E-state index is 13.4. The molecule has 1 heterocycles. The van der Waals surface area contributed by atoms with E-state index in [1.54, 1.807) is 55.5 Å². The fourth-order valence-corrected chi connectivity index (χ4v) is 4.31. The number of fused-ring (bicyclic) bond motifs is 1. The molecule has 0 aliphatic rings. The Kier molecular flexibility index (Phi) is 6.87. The van der Waals surface area contributed by atoms with Crippen molar-refractivity contribution in [1.82, 2.24) is 4.98 Å². The molecule has 7 heteroatoms. The number of nitrogens with one attached hydrogen (secondary N) is 1. The van der Waals surface area contributed by atoms with Crippen LogP contribution in [0.1, 0.15) is 38.8 Å². The molecule has 0 aliphatic heterocycles. The van der Waals surface area contributed by atoms with E-state index >= 15 is 0 Å². The number of anilines is 1. The van der Waals surface area contributed by atoms with Gasteiger partial charge in [-0.05, 0) is 80.9 Å². The summed E-state index contributed by atoms with van der Waals surface area (Å²) in [5.74, 6) is -0.705. The summed E-state index contributed by atoms with van der Waals surface area (Å²) in [6.07, 6.45) is 0. The van der Waals surface area contributed by atoms with Crippen molar-refractivity contribution < 1.29 is 14.3 Å². The van der Waals surface area contributed by atoms with Crippen LogP contribution in [0.2, 0.25) is 10.0 Å². The maximum Gasteiger partial charge on any atom is 0.338 e. The third-order valence-electron chi connectivity index (χ3n) is 5.35. The Bertz CT molecular complexity index is 1420. The molecular weight excluding hydrogens is 471 g/mol. The number of carbonyl (C=O) groups excluding carboxylic acids is 2. The molecule has 0 bridgehead atoms. The second kappa shape index (κ2) is 9.84. The normalized spacial score (nSPS) is 10.9. The Labute approximate surface area is 207 Å². The van der Waals surface area contributed by atoms with Gasteiger partial charge in [-0.25, -0.2) is 9.78 Å². The van der Waals surface area contributed by atoms with Gasteiger partial charge >= 0.3 is 5.97 Å². The van der Waals surface area contributed by atoms with E-state index in [-0.39, 0.29) is 5.91 Å². The molecule has 0 radical (unpaired) electrons. The average Bonchev–Trinajstić information content (AvgIpc) is 2.79. The lowest BCUT2D eigenvalue weighted by molar-refractivity contribution is 0.0526. The van der Waals surface area contributed by atoms with Gasteiger partial charge in [-0.1, -0.05) is 34.8 Å². The minimum atomic E-state index is -0.407. The molecule has 0 atom stereocenters. The molecular formula is C27H22Cl2N2O3. The van der Waals surface area contributed by atoms with Crippen LogP contribution in [0, 0.1) is 13.8 Å². The summed E-state index contributed by atoms with van der Waals surface area (Å²) >= 11 is 12.5. The smallest absolute Gasteiger partial charge is 0.338 e. The van der Waals surface area contributed by atoms with Crippen molar-refractivity contribution >= 4 is 51.7 Å². The van der Waals surface area contributed by atoms with E-state index in [2.05, 4.69) is 5.32 Å². The number of halogens is 2. The first kappa shape index (κ1) is 23.7. The minimum absolute atomic E-state index is 0.297. The summed E-state index contributed by atoms with van der Waals surface area (Å²) in [5, 5.41) is 4.63. The number of pyridine rings is 1. The van der Waals surface area contributed by atoms with E-state index in [4.69, 9.17) is 32.9 Å². The Morgan fingerprint density at radius 2 is 1.71 bits per heavy atom. The number of ether oxygens (including phenoxy) is 1. The number of nitrogens with zero attached hydrogens (tertiary/aromatic N) is 1. The quantitative estimate of drug-likeness (QED) is 0.297. The van der Waals surface area contributed by atoms with Crippen LogP contribution in [0.5, 0.6) is 0 Å². The second-order valence-electron chi connectivity index (χ2n) is 7.91. The van der Waals surface area contributed by atoms with Gasteiger partial charge in [0.25, 0.3) is 5.91 Å². The summed E-state index contributed by atoms with van der Waals surface area (Å²) in [6.45, 7) is 5.99. The van der Waals surface area contributed by atoms with Crippen molar-refractivity contribution in [2.75, 3.05) is 11.9 Å². The number of carbonyl (C=O) groups is 2. The molecule has 0 aliphatic carbocycles. The molecule has 0 saturated heterocycles. The zero-order valence-electron chi connectivity index (χ0n) is 18.9. The lowest BCUT2D eigenvalue weighted by Crippen LogP contribution is -2.14. The molecule has 1 N–H and O–H groups in total. The molecule has 4 aromatic rings. The molecule has 3 aromatic carbocycles. The van der Waals surface area contributed by atoms with Gasteiger partial charge in [0.15, 0.2) is 0 Å². The van der Waals surface area contributed by atoms with Crippen molar-refractivity contribution in [3.05, 3.63) is 93.0 Å². The fourth-order valence-electron chi connectivity index (χ4n) is 3.81. The van der Waals surface area contributed by atoms with Gasteiger partial charge in [0, 0.05) is 21.7 Å². The Morgan fingerprint density at radius 1 is 0.971 bits per heavy atom. The summed E-state index contributed by atoms with van der Waals surface area (Å²) < 4.78 is 5.01. The monoisotopic (exact) mass is 492 g/mol. The van der Waals surface area contributed by atoms with Gasteiger partial charge in [-0.15, -0.1) is 0 Å². The number of amides is 1. The molecule has 172 valence electrons. The zero-order valence-corrected chi connectivity index (χ0v) is 20.4. The summed E-state index contributed by atoms with van der Waals surface area (Å²) in [4.78, 5) is 30.1. The van der Waals surface area contributed by atoms with Crippen molar-refractivity contribution in [3.63, 3.8) is 0 Å². The van der Waals surface area contributed by atoms with Crippen LogP contribution in [0.3, 0.4) is 0 Å². The topological polar surface area (TPSA) is 68.3 Å². The van der Waals surface area contributed by atoms with Crippen LogP contribution < -0.4 is 5.32 Å². The molecule has 34 heavy (non-hydrogen) atoms. The van der Waals surface area contributed by atoms with Crippen molar-refractivity contribution in [3.8, 4) is 11.3 Å². The summed E-state index contributed by atoms with van der Waals surface area (Å²) in [5.41, 5.74) is 5.39. The highest BCUT2D eigenvalue weighted by Crippen LogP contribution is 2.33. The van der Waals surface area contributed by atoms with Crippen LogP contribution in [-0.2, 0) is 4.74 Å². The van der Waals surface area contributed by atoms with Gasteiger partial charge in [0.1, 0.15) is 0 Å². The van der Waals surface area contributed by atoms with Crippen LogP contribution in [0.15, 0.2) is 60.7 Å². The maximum atomic E-state index is 13.4. The van der Waals surface area contributed by atoms with E-state index in [1.807, 2.05) is 26.0 Å². The lowest BCUT2D eigenvalue weighted by Gasteiger charge is -2.14. The number of aromatic nitrogens is 1. The number of hydrogen-bond donors (Lipinski definition) is 1. The van der Waals surface area contributed by atoms with Crippen molar-refractivity contribution in [2.45, 2.75) is 20.8 Å². The second-order valence-corrected chi connectivity index (χ2v) is 8.75. The Balaban J connectivity index is 1.77. The predicted molar refractivity (Wildman–Crippen MR) is 137 cm³/mol. The standard InChI is InChI=1S/C27H22Cl2N2O3/c1-4-34-27(33)17-5-8-19(9-6-17)30-26(32)22-14-24(20-10-7-18(28)13-23(20)29)31-25-16(3)11-15(2)12-21(22)25/h5-14H,4H2,1-3H3,(H,30,32). The van der Waals surface area contributed by atoms with E-state index in [0.717, 1.165) is 22.0 Å². The van der Waals surface area contributed by atoms with E-state index in [0.29, 0.717) is 44.7 Å². The van der Waals surface area contributed by atoms with Gasteiger partial charge < -0.3 is 10.1 Å². The number of benzene rings is 3. The molecule has 1 aromatic heterocycles. The number of esters is 1. The third kappa shape index (κ3) is 4.91. The van der Waals surface area contributed by atoms with Gasteiger partial charge in [0.05, 0.1) is 34.0 Å². The predicted octanol–water partition coefficient (Wildman–Crippen LogP) is 7.25. The lowest BCUT2D eigenvalue weighted by atomic mass is 9.99. The van der Waals surface area contributed by atoms with Crippen LogP contribution in [-0.4, -0.2) is 23.5 Å². The Morgan fingerprint density at radius 3 is 2.38 bits per heavy atom. The number of rotatable bonds is 5. The molecule has 1 amide bonds. The van der Waals surface area contributed by atoms with Gasteiger partial charge in [-0.2, -0.15) is 0 Å². The highest BCUT2D eigenvalue weighted by Gasteiger charge is 2.18. The Hall–Kier alpha value is -3.41. The van der Waals surface area contributed by atoms with Crippen molar-refractivity contribution in [2.24, 2.45) is 0 Å². The highest BCUT2D eigenvalue weighted by atomic mass is 35.5. The van der Waals surface area contributed by atoms with Crippen LogP contribution >= 0.6 is 23.2 Å². The first-order chi connectivity index (χ1) is 16.3. The molecule has 0 spiro atoms. The number of hydrogen-bond acceptors (Lipinski definition) is 4. The van der Waals surface area contributed by atoms with Gasteiger partial charge in [-0.3, -0.25) is 4.79 Å². The van der Waals surface area contributed by atoms with Gasteiger partial charge in [0.2, 0.25) is 0 Å². The van der Waals surface area contributed by atoms with Crippen molar-refractivity contribution in [1.29, 1.82) is 0 Å². The first-order valence-electron chi connectivity index (χ1n) is 10.7. The molecule has 0 fully saturated rings. The average molecular weight is 493 g/mol. The zero-order chi connectivity index (χ0) is 24.4. The molecule has 0 unspecified atom stereocenters. The summed E-state index contributed by atoms with van der Waals surface area (Å²) in [7, 11) is 0. The number of aryl methyl sites for hydroxylation is 2. The van der Waals surface area contributed by atoms with E-state index in [9.17, 15) is 9.59 Å². The first-order valence-corrected chi connectivity index (χ1v) is 11.5. The third-order valence-corrected chi connectivity index (χ3v) is 5.90. The SMILES string of the molecule is CCOC(=O)c1ccc(NC(=O)c2cc(-c3ccc(Cl)cc3Cl)nc3c(C)cc(C)cc23)cc1. The highest BCUT2D eigenvalue weighted by molar-refractivity contribution is 6.36. The molecule has 0 saturated carbocycles. The van der Waals surface area contributed by atoms with Crippen LogP contribution in [0.25, 0.3) is 22.2 Å².